The van der Waals surface area contributed by atoms with Gasteiger partial charge in [0.15, 0.2) is 0 Å². The molecule has 1 aromatic carbocycles. The smallest absolute Gasteiger partial charge is 0.124 e. The van der Waals surface area contributed by atoms with Crippen LogP contribution in [0.4, 0.5) is 10.1 Å². The number of rotatable bonds is 1. The minimum atomic E-state index is -0.178. The molecular weight excluding hydrogens is 251 g/mol. The van der Waals surface area contributed by atoms with Crippen LogP contribution >= 0.6 is 0 Å². The van der Waals surface area contributed by atoms with Crippen molar-refractivity contribution in [2.45, 2.75) is 32.6 Å². The fourth-order valence-corrected chi connectivity index (χ4v) is 3.57. The van der Waals surface area contributed by atoms with Crippen molar-refractivity contribution in [1.29, 1.82) is 0 Å². The van der Waals surface area contributed by atoms with E-state index in [0.717, 1.165) is 35.4 Å². The van der Waals surface area contributed by atoms with Gasteiger partial charge in [-0.2, -0.15) is 0 Å². The van der Waals surface area contributed by atoms with Gasteiger partial charge in [0.25, 0.3) is 0 Å². The molecule has 0 N–H and O–H groups in total. The van der Waals surface area contributed by atoms with Crippen molar-refractivity contribution < 1.29 is 4.39 Å². The average molecular weight is 270 g/mol. The van der Waals surface area contributed by atoms with Crippen LogP contribution in [0.2, 0.25) is 0 Å². The van der Waals surface area contributed by atoms with E-state index in [9.17, 15) is 4.39 Å². The number of anilines is 1. The summed E-state index contributed by atoms with van der Waals surface area (Å²) in [7, 11) is 0. The Balaban J connectivity index is 1.83. The van der Waals surface area contributed by atoms with Gasteiger partial charge < -0.3 is 4.90 Å². The summed E-state index contributed by atoms with van der Waals surface area (Å²) < 4.78 is 13.6. The van der Waals surface area contributed by atoms with Crippen molar-refractivity contribution in [3.05, 3.63) is 35.8 Å². The Kier molecular flexibility index (Phi) is 2.53. The molecule has 20 heavy (non-hydrogen) atoms. The lowest BCUT2D eigenvalue weighted by Gasteiger charge is -2.35. The first-order chi connectivity index (χ1) is 9.65. The van der Waals surface area contributed by atoms with E-state index in [-0.39, 0.29) is 5.82 Å². The molecule has 1 aromatic heterocycles. The van der Waals surface area contributed by atoms with Gasteiger partial charge in [-0.3, -0.25) is 4.98 Å². The van der Waals surface area contributed by atoms with E-state index < -0.39 is 0 Å². The molecule has 2 aromatic rings. The predicted octanol–water partition coefficient (Wildman–Crippen LogP) is 4.06. The standard InChI is InChI=1S/C17H19FN2/c1-12-9-16(14-10-13(18)3-4-15(14)19-12)20-8-2-5-17(11-20)6-7-17/h3-4,9-10H,2,5-8,11H2,1H3. The number of fused-ring (bicyclic) bond motifs is 1. The SMILES string of the molecule is Cc1cc(N2CCCC3(CC3)C2)c2cc(F)ccc2n1. The van der Waals surface area contributed by atoms with Gasteiger partial charge in [-0.25, -0.2) is 4.39 Å². The van der Waals surface area contributed by atoms with Crippen LogP contribution in [-0.2, 0) is 0 Å². The zero-order valence-electron chi connectivity index (χ0n) is 11.8. The highest BCUT2D eigenvalue weighted by atomic mass is 19.1. The zero-order valence-corrected chi connectivity index (χ0v) is 11.8. The lowest BCUT2D eigenvalue weighted by atomic mass is 9.94. The molecule has 104 valence electrons. The van der Waals surface area contributed by atoms with Crippen LogP contribution in [-0.4, -0.2) is 18.1 Å². The summed E-state index contributed by atoms with van der Waals surface area (Å²) in [5.74, 6) is -0.178. The molecule has 3 heteroatoms. The summed E-state index contributed by atoms with van der Waals surface area (Å²) in [4.78, 5) is 6.98. The monoisotopic (exact) mass is 270 g/mol. The van der Waals surface area contributed by atoms with E-state index in [4.69, 9.17) is 0 Å². The number of pyridine rings is 1. The van der Waals surface area contributed by atoms with Crippen LogP contribution in [0.5, 0.6) is 0 Å². The molecule has 0 radical (unpaired) electrons. The van der Waals surface area contributed by atoms with Gasteiger partial charge in [-0.15, -0.1) is 0 Å². The van der Waals surface area contributed by atoms with E-state index in [0.29, 0.717) is 5.41 Å². The molecule has 1 spiro atoms. The number of aromatic nitrogens is 1. The third kappa shape index (κ3) is 1.96. The Morgan fingerprint density at radius 1 is 1.20 bits per heavy atom. The number of nitrogens with zero attached hydrogens (tertiary/aromatic N) is 2. The molecule has 0 unspecified atom stereocenters. The second kappa shape index (κ2) is 4.18. The molecule has 4 rings (SSSR count). The first kappa shape index (κ1) is 12.1. The lowest BCUT2D eigenvalue weighted by Crippen LogP contribution is -2.36. The summed E-state index contributed by atoms with van der Waals surface area (Å²) in [5, 5.41) is 0.952. The lowest BCUT2D eigenvalue weighted by molar-refractivity contribution is 0.396. The van der Waals surface area contributed by atoms with E-state index in [1.54, 1.807) is 12.1 Å². The maximum absolute atomic E-state index is 13.6. The molecule has 2 heterocycles. The van der Waals surface area contributed by atoms with Gasteiger partial charge in [-0.05, 0) is 62.3 Å². The van der Waals surface area contributed by atoms with Gasteiger partial charge in [-0.1, -0.05) is 0 Å². The second-order valence-corrected chi connectivity index (χ2v) is 6.47. The van der Waals surface area contributed by atoms with Crippen molar-refractivity contribution >= 4 is 16.6 Å². The van der Waals surface area contributed by atoms with Gasteiger partial charge in [0.05, 0.1) is 5.52 Å². The highest BCUT2D eigenvalue weighted by molar-refractivity contribution is 5.92. The Bertz CT molecular complexity index is 676. The van der Waals surface area contributed by atoms with E-state index in [2.05, 4.69) is 16.0 Å². The van der Waals surface area contributed by atoms with Gasteiger partial charge in [0.1, 0.15) is 5.82 Å². The molecule has 1 saturated heterocycles. The van der Waals surface area contributed by atoms with Crippen LogP contribution in [0.1, 0.15) is 31.4 Å². The molecule has 2 nitrogen and oxygen atoms in total. The molecule has 0 bridgehead atoms. The number of aryl methyl sites for hydroxylation is 1. The van der Waals surface area contributed by atoms with Crippen LogP contribution in [0.15, 0.2) is 24.3 Å². The Hall–Kier alpha value is -1.64. The maximum atomic E-state index is 13.6. The van der Waals surface area contributed by atoms with Crippen LogP contribution in [0.25, 0.3) is 10.9 Å². The fourth-order valence-electron chi connectivity index (χ4n) is 3.57. The quantitative estimate of drug-likeness (QED) is 0.776. The summed E-state index contributed by atoms with van der Waals surface area (Å²) in [6.45, 7) is 4.22. The first-order valence-electron chi connectivity index (χ1n) is 7.47. The highest BCUT2D eigenvalue weighted by Crippen LogP contribution is 2.52. The topological polar surface area (TPSA) is 16.1 Å². The average Bonchev–Trinajstić information content (AvgIpc) is 3.17. The van der Waals surface area contributed by atoms with Crippen molar-refractivity contribution in [3.63, 3.8) is 0 Å². The van der Waals surface area contributed by atoms with Crippen molar-refractivity contribution in [1.82, 2.24) is 4.98 Å². The van der Waals surface area contributed by atoms with E-state index in [1.165, 1.54) is 31.7 Å². The molecule has 1 aliphatic carbocycles. The van der Waals surface area contributed by atoms with Gasteiger partial charge in [0, 0.05) is 29.9 Å². The number of benzene rings is 1. The number of hydrogen-bond donors (Lipinski definition) is 0. The summed E-state index contributed by atoms with van der Waals surface area (Å²) in [6, 6.07) is 7.03. The predicted molar refractivity (Wildman–Crippen MR) is 79.6 cm³/mol. The largest absolute Gasteiger partial charge is 0.370 e. The van der Waals surface area contributed by atoms with Crippen LogP contribution in [0, 0.1) is 18.2 Å². The van der Waals surface area contributed by atoms with Crippen molar-refractivity contribution in [2.75, 3.05) is 18.0 Å². The number of piperidine rings is 1. The molecule has 2 aliphatic rings. The van der Waals surface area contributed by atoms with Gasteiger partial charge >= 0.3 is 0 Å². The molecule has 2 fully saturated rings. The minimum absolute atomic E-state index is 0.178. The first-order valence-corrected chi connectivity index (χ1v) is 7.47. The van der Waals surface area contributed by atoms with Crippen LogP contribution in [0.3, 0.4) is 0 Å². The Morgan fingerprint density at radius 3 is 2.85 bits per heavy atom. The third-order valence-corrected chi connectivity index (χ3v) is 4.84. The Labute approximate surface area is 118 Å². The van der Waals surface area contributed by atoms with E-state index >= 15 is 0 Å². The maximum Gasteiger partial charge on any atom is 0.124 e. The zero-order chi connectivity index (χ0) is 13.7. The Morgan fingerprint density at radius 2 is 2.05 bits per heavy atom. The molecule has 1 aliphatic heterocycles. The summed E-state index contributed by atoms with van der Waals surface area (Å²) in [5.41, 5.74) is 3.64. The summed E-state index contributed by atoms with van der Waals surface area (Å²) >= 11 is 0. The molecule has 1 saturated carbocycles. The molecule has 0 atom stereocenters. The normalized spacial score (nSPS) is 20.6. The van der Waals surface area contributed by atoms with Crippen molar-refractivity contribution in [3.8, 4) is 0 Å². The highest BCUT2D eigenvalue weighted by Gasteiger charge is 2.45. The van der Waals surface area contributed by atoms with Crippen molar-refractivity contribution in [2.24, 2.45) is 5.41 Å². The second-order valence-electron chi connectivity index (χ2n) is 6.47. The number of hydrogen-bond acceptors (Lipinski definition) is 2. The minimum Gasteiger partial charge on any atom is -0.370 e. The summed E-state index contributed by atoms with van der Waals surface area (Å²) in [6.07, 6.45) is 5.33. The third-order valence-electron chi connectivity index (χ3n) is 4.84. The number of halogens is 1. The van der Waals surface area contributed by atoms with Gasteiger partial charge in [0.2, 0.25) is 0 Å². The fraction of sp³-hybridized carbons (Fsp3) is 0.471. The molecule has 0 amide bonds. The molecular formula is C17H19FN2. The van der Waals surface area contributed by atoms with E-state index in [1.807, 2.05) is 6.92 Å². The van der Waals surface area contributed by atoms with Crippen LogP contribution < -0.4 is 4.90 Å².